The predicted molar refractivity (Wildman–Crippen MR) is 91.2 cm³/mol. The molecular weight excluding hydrogens is 286 g/mol. The maximum absolute atomic E-state index is 4.47. The van der Waals surface area contributed by atoms with Gasteiger partial charge in [0.15, 0.2) is 0 Å². The van der Waals surface area contributed by atoms with Crippen LogP contribution in [0.3, 0.4) is 0 Å². The van der Waals surface area contributed by atoms with Crippen LogP contribution >= 0.6 is 0 Å². The second-order valence-electron chi connectivity index (χ2n) is 6.31. The molecule has 0 unspecified atom stereocenters. The van der Waals surface area contributed by atoms with Crippen LogP contribution in [0.25, 0.3) is 5.78 Å². The molecule has 0 amide bonds. The van der Waals surface area contributed by atoms with Crippen LogP contribution in [0.4, 0.5) is 11.5 Å². The Morgan fingerprint density at radius 3 is 2.74 bits per heavy atom. The predicted octanol–water partition coefficient (Wildman–Crippen LogP) is 3.75. The Bertz CT molecular complexity index is 865. The number of aryl methyl sites for hydroxylation is 3. The lowest BCUT2D eigenvalue weighted by Crippen LogP contribution is -2.06. The van der Waals surface area contributed by atoms with Crippen molar-refractivity contribution in [2.24, 2.45) is 0 Å². The minimum absolute atomic E-state index is 0.630. The van der Waals surface area contributed by atoms with E-state index >= 15 is 0 Å². The molecule has 0 aliphatic heterocycles. The van der Waals surface area contributed by atoms with Crippen LogP contribution in [0.2, 0.25) is 0 Å². The molecule has 0 atom stereocenters. The topological polar surface area (TPSA) is 55.1 Å². The zero-order valence-electron chi connectivity index (χ0n) is 13.6. The van der Waals surface area contributed by atoms with E-state index in [1.807, 2.05) is 6.92 Å². The third-order valence-electron chi connectivity index (χ3n) is 4.77. The summed E-state index contributed by atoms with van der Waals surface area (Å²) >= 11 is 0. The minimum Gasteiger partial charge on any atom is -0.340 e. The standard InChI is InChI=1S/C18H21N5/c1-12-13(2)21-18-19-11-20-23(18)17(12)22-16-9-8-14-6-4-3-5-7-15(14)10-16/h8-11,22H,3-7H2,1-2H3. The number of anilines is 2. The Hall–Kier alpha value is -2.43. The van der Waals surface area contributed by atoms with Gasteiger partial charge >= 0.3 is 0 Å². The van der Waals surface area contributed by atoms with E-state index in [4.69, 9.17) is 0 Å². The number of fused-ring (bicyclic) bond motifs is 2. The van der Waals surface area contributed by atoms with Gasteiger partial charge < -0.3 is 5.32 Å². The first-order valence-electron chi connectivity index (χ1n) is 8.28. The average molecular weight is 307 g/mol. The molecule has 0 radical (unpaired) electrons. The number of nitrogens with one attached hydrogen (secondary N) is 1. The van der Waals surface area contributed by atoms with Gasteiger partial charge in [-0.3, -0.25) is 0 Å². The van der Waals surface area contributed by atoms with Crippen molar-refractivity contribution in [2.45, 2.75) is 46.0 Å². The first-order chi connectivity index (χ1) is 11.2. The zero-order valence-corrected chi connectivity index (χ0v) is 13.6. The van der Waals surface area contributed by atoms with E-state index in [0.717, 1.165) is 22.8 Å². The average Bonchev–Trinajstić information content (AvgIpc) is 2.88. The second-order valence-corrected chi connectivity index (χ2v) is 6.31. The number of aromatic nitrogens is 4. The Morgan fingerprint density at radius 2 is 1.87 bits per heavy atom. The summed E-state index contributed by atoms with van der Waals surface area (Å²) < 4.78 is 1.77. The molecule has 3 aromatic rings. The van der Waals surface area contributed by atoms with Gasteiger partial charge in [0.2, 0.25) is 0 Å². The molecule has 1 N–H and O–H groups in total. The lowest BCUT2D eigenvalue weighted by molar-refractivity contribution is 0.711. The number of rotatable bonds is 2. The first-order valence-corrected chi connectivity index (χ1v) is 8.28. The van der Waals surface area contributed by atoms with Gasteiger partial charge in [-0.05, 0) is 62.8 Å². The van der Waals surface area contributed by atoms with E-state index in [0.29, 0.717) is 5.78 Å². The molecule has 4 rings (SSSR count). The van der Waals surface area contributed by atoms with Crippen LogP contribution < -0.4 is 5.32 Å². The van der Waals surface area contributed by atoms with Crippen molar-refractivity contribution in [3.05, 3.63) is 46.9 Å². The molecule has 0 fully saturated rings. The summed E-state index contributed by atoms with van der Waals surface area (Å²) in [6.07, 6.45) is 7.86. The van der Waals surface area contributed by atoms with Crippen LogP contribution in [0, 0.1) is 13.8 Å². The summed E-state index contributed by atoms with van der Waals surface area (Å²) in [7, 11) is 0. The molecule has 5 heteroatoms. The molecule has 23 heavy (non-hydrogen) atoms. The van der Waals surface area contributed by atoms with Gasteiger partial charge in [0, 0.05) is 16.9 Å². The van der Waals surface area contributed by atoms with Gasteiger partial charge in [-0.1, -0.05) is 12.5 Å². The fourth-order valence-electron chi connectivity index (χ4n) is 3.30. The molecular formula is C18H21N5. The van der Waals surface area contributed by atoms with Crippen molar-refractivity contribution in [1.82, 2.24) is 19.6 Å². The molecule has 0 spiro atoms. The van der Waals surface area contributed by atoms with Gasteiger partial charge in [0.1, 0.15) is 12.1 Å². The quantitative estimate of drug-likeness (QED) is 0.733. The van der Waals surface area contributed by atoms with Crippen LogP contribution in [0.1, 0.15) is 41.6 Å². The van der Waals surface area contributed by atoms with Crippen molar-refractivity contribution < 1.29 is 0 Å². The van der Waals surface area contributed by atoms with Gasteiger partial charge in [-0.2, -0.15) is 14.6 Å². The van der Waals surface area contributed by atoms with E-state index in [9.17, 15) is 0 Å². The highest BCUT2D eigenvalue weighted by Crippen LogP contribution is 2.27. The Balaban J connectivity index is 1.75. The van der Waals surface area contributed by atoms with Crippen LogP contribution in [-0.2, 0) is 12.8 Å². The highest BCUT2D eigenvalue weighted by atomic mass is 15.4. The largest absolute Gasteiger partial charge is 0.340 e. The van der Waals surface area contributed by atoms with Crippen molar-refractivity contribution in [3.8, 4) is 0 Å². The molecule has 2 aromatic heterocycles. The maximum Gasteiger partial charge on any atom is 0.254 e. The normalized spacial score (nSPS) is 14.5. The monoisotopic (exact) mass is 307 g/mol. The molecule has 1 aromatic carbocycles. The lowest BCUT2D eigenvalue weighted by Gasteiger charge is -2.14. The van der Waals surface area contributed by atoms with Crippen molar-refractivity contribution in [2.75, 3.05) is 5.32 Å². The zero-order chi connectivity index (χ0) is 15.8. The molecule has 1 aliphatic rings. The molecule has 118 valence electrons. The highest BCUT2D eigenvalue weighted by molar-refractivity contribution is 5.63. The lowest BCUT2D eigenvalue weighted by atomic mass is 10.0. The van der Waals surface area contributed by atoms with Gasteiger partial charge in [-0.15, -0.1) is 0 Å². The van der Waals surface area contributed by atoms with Crippen molar-refractivity contribution in [1.29, 1.82) is 0 Å². The summed E-state index contributed by atoms with van der Waals surface area (Å²) in [5, 5.41) is 7.83. The van der Waals surface area contributed by atoms with Gasteiger partial charge in [0.25, 0.3) is 5.78 Å². The third-order valence-corrected chi connectivity index (χ3v) is 4.77. The summed E-state index contributed by atoms with van der Waals surface area (Å²) in [4.78, 5) is 8.68. The third kappa shape index (κ3) is 2.56. The van der Waals surface area contributed by atoms with Gasteiger partial charge in [-0.25, -0.2) is 4.98 Å². The molecule has 0 saturated carbocycles. The summed E-state index contributed by atoms with van der Waals surface area (Å²) in [6, 6.07) is 6.73. The minimum atomic E-state index is 0.630. The van der Waals surface area contributed by atoms with Crippen LogP contribution in [0.15, 0.2) is 24.5 Å². The summed E-state index contributed by atoms with van der Waals surface area (Å²) in [5.41, 5.74) is 6.16. The Morgan fingerprint density at radius 1 is 1.04 bits per heavy atom. The molecule has 5 nitrogen and oxygen atoms in total. The molecule has 1 aliphatic carbocycles. The van der Waals surface area contributed by atoms with E-state index in [1.165, 1.54) is 43.2 Å². The van der Waals surface area contributed by atoms with E-state index < -0.39 is 0 Å². The fraction of sp³-hybridized carbons (Fsp3) is 0.389. The Kier molecular flexibility index (Phi) is 3.48. The molecule has 2 heterocycles. The van der Waals surface area contributed by atoms with Crippen LogP contribution in [-0.4, -0.2) is 19.6 Å². The smallest absolute Gasteiger partial charge is 0.254 e. The second kappa shape index (κ2) is 5.65. The summed E-state index contributed by atoms with van der Waals surface area (Å²) in [5.74, 6) is 1.57. The highest BCUT2D eigenvalue weighted by Gasteiger charge is 2.13. The van der Waals surface area contributed by atoms with Crippen molar-refractivity contribution >= 4 is 17.3 Å². The summed E-state index contributed by atoms with van der Waals surface area (Å²) in [6.45, 7) is 4.07. The van der Waals surface area contributed by atoms with E-state index in [2.05, 4.69) is 45.5 Å². The van der Waals surface area contributed by atoms with Crippen LogP contribution in [0.5, 0.6) is 0 Å². The number of benzene rings is 1. The molecule has 0 saturated heterocycles. The first kappa shape index (κ1) is 14.2. The fourth-order valence-corrected chi connectivity index (χ4v) is 3.30. The SMILES string of the molecule is Cc1nc2ncnn2c(Nc2ccc3c(c2)CCCCC3)c1C. The van der Waals surface area contributed by atoms with Gasteiger partial charge in [0.05, 0.1) is 0 Å². The molecule has 0 bridgehead atoms. The van der Waals surface area contributed by atoms with E-state index in [-0.39, 0.29) is 0 Å². The Labute approximate surface area is 135 Å². The number of hydrogen-bond donors (Lipinski definition) is 1. The number of hydrogen-bond acceptors (Lipinski definition) is 4. The van der Waals surface area contributed by atoms with Crippen molar-refractivity contribution in [3.63, 3.8) is 0 Å². The maximum atomic E-state index is 4.47. The number of nitrogens with zero attached hydrogens (tertiary/aromatic N) is 4. The van der Waals surface area contributed by atoms with E-state index in [1.54, 1.807) is 10.8 Å².